The lowest BCUT2D eigenvalue weighted by Crippen LogP contribution is -2.31. The molecule has 0 bridgehead atoms. The molecule has 2 rings (SSSR count). The van der Waals surface area contributed by atoms with E-state index >= 15 is 0 Å². The van der Waals surface area contributed by atoms with Crippen LogP contribution >= 0.6 is 0 Å². The standard InChI is InChI=1S/C16H15N3O/c1-12-6-3-4-8-14(12)16(20)19(2)15(10-17)13-7-5-9-18-11-13/h3-9,11,15H,1-2H3. The molecule has 20 heavy (non-hydrogen) atoms. The third-order valence-corrected chi connectivity index (χ3v) is 3.21. The number of aryl methyl sites for hydroxylation is 1. The van der Waals surface area contributed by atoms with Crippen LogP contribution in [0.3, 0.4) is 0 Å². The Labute approximate surface area is 118 Å². The summed E-state index contributed by atoms with van der Waals surface area (Å²) >= 11 is 0. The molecule has 0 spiro atoms. The number of amides is 1. The number of hydrogen-bond acceptors (Lipinski definition) is 3. The summed E-state index contributed by atoms with van der Waals surface area (Å²) in [6.07, 6.45) is 3.25. The summed E-state index contributed by atoms with van der Waals surface area (Å²) in [4.78, 5) is 17.9. The number of nitriles is 1. The van der Waals surface area contributed by atoms with Gasteiger partial charge in [0.15, 0.2) is 0 Å². The second-order valence-electron chi connectivity index (χ2n) is 4.55. The highest BCUT2D eigenvalue weighted by atomic mass is 16.2. The molecule has 100 valence electrons. The summed E-state index contributed by atoms with van der Waals surface area (Å²) in [5.41, 5.74) is 2.21. The number of pyridine rings is 1. The first kappa shape index (κ1) is 13.8. The minimum absolute atomic E-state index is 0.168. The Kier molecular flexibility index (Phi) is 4.11. The van der Waals surface area contributed by atoms with E-state index in [0.717, 1.165) is 5.56 Å². The van der Waals surface area contributed by atoms with Gasteiger partial charge in [-0.05, 0) is 24.6 Å². The van der Waals surface area contributed by atoms with Crippen molar-refractivity contribution < 1.29 is 4.79 Å². The normalized spacial score (nSPS) is 11.4. The van der Waals surface area contributed by atoms with Crippen LogP contribution in [0.1, 0.15) is 27.5 Å². The minimum Gasteiger partial charge on any atom is -0.322 e. The molecule has 0 saturated carbocycles. The van der Waals surface area contributed by atoms with Gasteiger partial charge >= 0.3 is 0 Å². The number of carbonyl (C=O) groups is 1. The molecule has 0 radical (unpaired) electrons. The average molecular weight is 265 g/mol. The van der Waals surface area contributed by atoms with Crippen molar-refractivity contribution in [1.82, 2.24) is 9.88 Å². The Bertz CT molecular complexity index is 646. The van der Waals surface area contributed by atoms with E-state index in [1.807, 2.05) is 25.1 Å². The highest BCUT2D eigenvalue weighted by Crippen LogP contribution is 2.20. The van der Waals surface area contributed by atoms with E-state index in [9.17, 15) is 10.1 Å². The third-order valence-electron chi connectivity index (χ3n) is 3.21. The zero-order valence-electron chi connectivity index (χ0n) is 11.4. The summed E-state index contributed by atoms with van der Waals surface area (Å²) in [6, 6.07) is 12.4. The van der Waals surface area contributed by atoms with Crippen molar-refractivity contribution in [2.45, 2.75) is 13.0 Å². The van der Waals surface area contributed by atoms with Crippen LogP contribution in [0.15, 0.2) is 48.8 Å². The fourth-order valence-electron chi connectivity index (χ4n) is 2.04. The molecule has 1 heterocycles. The van der Waals surface area contributed by atoms with E-state index < -0.39 is 6.04 Å². The first-order valence-corrected chi connectivity index (χ1v) is 6.27. The van der Waals surface area contributed by atoms with E-state index in [0.29, 0.717) is 11.1 Å². The Morgan fingerprint density at radius 2 is 2.05 bits per heavy atom. The molecule has 0 aliphatic carbocycles. The summed E-state index contributed by atoms with van der Waals surface area (Å²) in [5, 5.41) is 9.34. The molecule has 0 fully saturated rings. The van der Waals surface area contributed by atoms with Crippen LogP contribution in [0.4, 0.5) is 0 Å². The zero-order chi connectivity index (χ0) is 14.5. The number of nitrogens with zero attached hydrogens (tertiary/aromatic N) is 3. The van der Waals surface area contributed by atoms with Crippen LogP contribution in [0.5, 0.6) is 0 Å². The Morgan fingerprint density at radius 1 is 1.30 bits per heavy atom. The van der Waals surface area contributed by atoms with Crippen LogP contribution in [-0.4, -0.2) is 22.8 Å². The maximum Gasteiger partial charge on any atom is 0.255 e. The van der Waals surface area contributed by atoms with Crippen LogP contribution < -0.4 is 0 Å². The van der Waals surface area contributed by atoms with Crippen molar-refractivity contribution in [2.24, 2.45) is 0 Å². The average Bonchev–Trinajstić information content (AvgIpc) is 2.49. The van der Waals surface area contributed by atoms with Gasteiger partial charge in [-0.1, -0.05) is 24.3 Å². The predicted octanol–water partition coefficient (Wildman–Crippen LogP) is 2.73. The summed E-state index contributed by atoms with van der Waals surface area (Å²) in [7, 11) is 1.63. The summed E-state index contributed by atoms with van der Waals surface area (Å²) in [5.74, 6) is -0.168. The van der Waals surface area contributed by atoms with Gasteiger partial charge in [0, 0.05) is 30.6 Å². The van der Waals surface area contributed by atoms with Gasteiger partial charge in [-0.3, -0.25) is 9.78 Å². The van der Waals surface area contributed by atoms with Gasteiger partial charge in [0.05, 0.1) is 6.07 Å². The molecular weight excluding hydrogens is 250 g/mol. The predicted molar refractivity (Wildman–Crippen MR) is 75.9 cm³/mol. The van der Waals surface area contributed by atoms with E-state index in [1.165, 1.54) is 4.90 Å². The Morgan fingerprint density at radius 3 is 2.65 bits per heavy atom. The topological polar surface area (TPSA) is 57.0 Å². The van der Waals surface area contributed by atoms with Gasteiger partial charge in [0.2, 0.25) is 0 Å². The number of carbonyl (C=O) groups excluding carboxylic acids is 1. The number of aromatic nitrogens is 1. The molecule has 0 saturated heterocycles. The molecule has 1 aromatic carbocycles. The summed E-state index contributed by atoms with van der Waals surface area (Å²) < 4.78 is 0. The lowest BCUT2D eigenvalue weighted by Gasteiger charge is -2.23. The Balaban J connectivity index is 2.31. The summed E-state index contributed by atoms with van der Waals surface area (Å²) in [6.45, 7) is 1.88. The smallest absolute Gasteiger partial charge is 0.255 e. The third kappa shape index (κ3) is 2.67. The van der Waals surface area contributed by atoms with Crippen LogP contribution in [0, 0.1) is 18.3 Å². The van der Waals surface area contributed by atoms with Gasteiger partial charge in [0.25, 0.3) is 5.91 Å². The molecule has 0 N–H and O–H groups in total. The van der Waals surface area contributed by atoms with E-state index in [-0.39, 0.29) is 5.91 Å². The van der Waals surface area contributed by atoms with E-state index in [1.54, 1.807) is 37.6 Å². The SMILES string of the molecule is Cc1ccccc1C(=O)N(C)C(C#N)c1cccnc1. The van der Waals surface area contributed by atoms with Gasteiger partial charge < -0.3 is 4.90 Å². The van der Waals surface area contributed by atoms with Crippen molar-refractivity contribution in [3.63, 3.8) is 0 Å². The van der Waals surface area contributed by atoms with E-state index in [4.69, 9.17) is 0 Å². The first-order valence-electron chi connectivity index (χ1n) is 6.27. The van der Waals surface area contributed by atoms with Crippen molar-refractivity contribution in [1.29, 1.82) is 5.26 Å². The van der Waals surface area contributed by atoms with Crippen molar-refractivity contribution >= 4 is 5.91 Å². The van der Waals surface area contributed by atoms with Gasteiger partial charge in [-0.15, -0.1) is 0 Å². The molecule has 1 amide bonds. The molecule has 0 aliphatic heterocycles. The maximum atomic E-state index is 12.5. The number of benzene rings is 1. The molecule has 4 heteroatoms. The monoisotopic (exact) mass is 265 g/mol. The van der Waals surface area contributed by atoms with E-state index in [2.05, 4.69) is 11.1 Å². The fourth-order valence-corrected chi connectivity index (χ4v) is 2.04. The molecule has 1 atom stereocenters. The molecule has 0 aliphatic rings. The zero-order valence-corrected chi connectivity index (χ0v) is 11.4. The van der Waals surface area contributed by atoms with Crippen LogP contribution in [0.2, 0.25) is 0 Å². The largest absolute Gasteiger partial charge is 0.322 e. The fraction of sp³-hybridized carbons (Fsp3) is 0.188. The van der Waals surface area contributed by atoms with Crippen LogP contribution in [0.25, 0.3) is 0 Å². The molecule has 2 aromatic rings. The first-order chi connectivity index (χ1) is 9.65. The second kappa shape index (κ2) is 5.98. The van der Waals surface area contributed by atoms with Gasteiger partial charge in [0.1, 0.15) is 6.04 Å². The molecule has 1 aromatic heterocycles. The second-order valence-corrected chi connectivity index (χ2v) is 4.55. The highest BCUT2D eigenvalue weighted by molar-refractivity contribution is 5.95. The van der Waals surface area contributed by atoms with Crippen molar-refractivity contribution in [3.8, 4) is 6.07 Å². The van der Waals surface area contributed by atoms with Crippen molar-refractivity contribution in [3.05, 3.63) is 65.5 Å². The molecule has 4 nitrogen and oxygen atoms in total. The number of hydrogen-bond donors (Lipinski definition) is 0. The quantitative estimate of drug-likeness (QED) is 0.857. The van der Waals surface area contributed by atoms with Gasteiger partial charge in [-0.2, -0.15) is 5.26 Å². The van der Waals surface area contributed by atoms with Crippen LogP contribution in [-0.2, 0) is 0 Å². The minimum atomic E-state index is -0.643. The molecule has 1 unspecified atom stereocenters. The lowest BCUT2D eigenvalue weighted by atomic mass is 10.1. The van der Waals surface area contributed by atoms with Crippen molar-refractivity contribution in [2.75, 3.05) is 7.05 Å². The Hall–Kier alpha value is -2.67. The molecular formula is C16H15N3O. The maximum absolute atomic E-state index is 12.5. The highest BCUT2D eigenvalue weighted by Gasteiger charge is 2.23. The lowest BCUT2D eigenvalue weighted by molar-refractivity contribution is 0.0762. The number of rotatable bonds is 3. The van der Waals surface area contributed by atoms with Gasteiger partial charge in [-0.25, -0.2) is 0 Å².